The summed E-state index contributed by atoms with van der Waals surface area (Å²) in [5.74, 6) is 2.39. The fraction of sp³-hybridized carbons (Fsp3) is 0.684. The van der Waals surface area contributed by atoms with Crippen LogP contribution in [0, 0.1) is 0 Å². The molecular formula is C19H28N2O3S2. The Morgan fingerprint density at radius 3 is 2.69 bits per heavy atom. The predicted octanol–water partition coefficient (Wildman–Crippen LogP) is 3.17. The Bertz CT molecular complexity index is 745. The zero-order valence-corrected chi connectivity index (χ0v) is 16.9. The average molecular weight is 397 g/mol. The highest BCUT2D eigenvalue weighted by atomic mass is 32.2. The molecule has 1 saturated carbocycles. The largest absolute Gasteiger partial charge is 0.497 e. The first-order valence-electron chi connectivity index (χ1n) is 9.63. The molecule has 26 heavy (non-hydrogen) atoms. The Morgan fingerprint density at radius 1 is 1.19 bits per heavy atom. The van der Waals surface area contributed by atoms with Crippen molar-refractivity contribution < 1.29 is 13.2 Å². The Kier molecular flexibility index (Phi) is 5.51. The second-order valence-corrected chi connectivity index (χ2v) is 10.7. The van der Waals surface area contributed by atoms with E-state index in [0.717, 1.165) is 56.6 Å². The third-order valence-corrected chi connectivity index (χ3v) is 9.06. The van der Waals surface area contributed by atoms with E-state index in [1.54, 1.807) is 11.4 Å². The first-order chi connectivity index (χ1) is 12.6. The van der Waals surface area contributed by atoms with E-state index >= 15 is 0 Å². The number of thioether (sulfide) groups is 1. The smallest absolute Gasteiger partial charge is 0.214 e. The number of fused-ring (bicyclic) bond motifs is 1. The molecule has 4 rings (SSSR count). The van der Waals surface area contributed by atoms with Crippen LogP contribution in [-0.2, 0) is 10.0 Å². The molecule has 1 atom stereocenters. The molecule has 0 amide bonds. The number of ether oxygens (including phenoxy) is 1. The molecule has 0 spiro atoms. The summed E-state index contributed by atoms with van der Waals surface area (Å²) in [7, 11) is -1.27. The molecule has 2 fully saturated rings. The van der Waals surface area contributed by atoms with Crippen molar-refractivity contribution in [2.24, 2.45) is 0 Å². The summed E-state index contributed by atoms with van der Waals surface area (Å²) >= 11 is 1.92. The van der Waals surface area contributed by atoms with E-state index < -0.39 is 10.0 Å². The Hall–Kier alpha value is -0.760. The highest BCUT2D eigenvalue weighted by molar-refractivity contribution is 7.99. The molecular weight excluding hydrogens is 368 g/mol. The van der Waals surface area contributed by atoms with Crippen molar-refractivity contribution in [2.75, 3.05) is 25.2 Å². The second kappa shape index (κ2) is 7.70. The zero-order chi connectivity index (χ0) is 18.1. The monoisotopic (exact) mass is 396 g/mol. The standard InChI is InChI=1S/C19H28N2O3S2/c1-24-16-7-8-19-17(13-16)18(9-11-25-19)20-14-3-5-15(6-4-14)21-10-2-12-26(21,22)23/h7-8,13-15,18,20H,2-6,9-12H2,1H3. The van der Waals surface area contributed by atoms with Gasteiger partial charge in [-0.25, -0.2) is 8.42 Å². The highest BCUT2D eigenvalue weighted by Gasteiger charge is 2.37. The number of nitrogens with one attached hydrogen (secondary N) is 1. The van der Waals surface area contributed by atoms with Crippen LogP contribution in [0.4, 0.5) is 0 Å². The quantitative estimate of drug-likeness (QED) is 0.847. The van der Waals surface area contributed by atoms with Crippen LogP contribution in [0.5, 0.6) is 5.75 Å². The molecule has 144 valence electrons. The molecule has 2 aliphatic heterocycles. The van der Waals surface area contributed by atoms with E-state index in [1.807, 2.05) is 17.8 Å². The lowest BCUT2D eigenvalue weighted by atomic mass is 9.89. The van der Waals surface area contributed by atoms with Crippen molar-refractivity contribution in [3.8, 4) is 5.75 Å². The summed E-state index contributed by atoms with van der Waals surface area (Å²) in [5.41, 5.74) is 1.35. The van der Waals surface area contributed by atoms with Crippen molar-refractivity contribution in [1.29, 1.82) is 0 Å². The van der Waals surface area contributed by atoms with Gasteiger partial charge < -0.3 is 10.1 Å². The van der Waals surface area contributed by atoms with Gasteiger partial charge in [-0.2, -0.15) is 4.31 Å². The van der Waals surface area contributed by atoms with Gasteiger partial charge in [0, 0.05) is 29.6 Å². The first kappa shape index (κ1) is 18.6. The molecule has 0 radical (unpaired) electrons. The number of methoxy groups -OCH3 is 1. The van der Waals surface area contributed by atoms with Gasteiger partial charge in [0.1, 0.15) is 5.75 Å². The third-order valence-electron chi connectivity index (χ3n) is 5.94. The Labute approximate surface area is 160 Å². The molecule has 0 bridgehead atoms. The fourth-order valence-corrected chi connectivity index (χ4v) is 7.46. The maximum absolute atomic E-state index is 12.2. The van der Waals surface area contributed by atoms with Gasteiger partial charge in [0.15, 0.2) is 0 Å². The maximum Gasteiger partial charge on any atom is 0.214 e. The van der Waals surface area contributed by atoms with Gasteiger partial charge in [-0.15, -0.1) is 11.8 Å². The summed E-state index contributed by atoms with van der Waals surface area (Å²) in [5, 5.41) is 3.86. The minimum atomic E-state index is -2.98. The van der Waals surface area contributed by atoms with Crippen LogP contribution in [-0.4, -0.2) is 50.0 Å². The Morgan fingerprint density at radius 2 is 2.00 bits per heavy atom. The van der Waals surface area contributed by atoms with Crippen LogP contribution in [0.25, 0.3) is 0 Å². The van der Waals surface area contributed by atoms with Gasteiger partial charge >= 0.3 is 0 Å². The van der Waals surface area contributed by atoms with Gasteiger partial charge in [0.25, 0.3) is 0 Å². The van der Waals surface area contributed by atoms with Gasteiger partial charge in [0.05, 0.1) is 12.9 Å². The van der Waals surface area contributed by atoms with Crippen LogP contribution in [0.2, 0.25) is 0 Å². The van der Waals surface area contributed by atoms with Crippen molar-refractivity contribution in [3.63, 3.8) is 0 Å². The van der Waals surface area contributed by atoms with Gasteiger partial charge in [-0.3, -0.25) is 0 Å². The predicted molar refractivity (Wildman–Crippen MR) is 105 cm³/mol. The lowest BCUT2D eigenvalue weighted by Gasteiger charge is -2.37. The highest BCUT2D eigenvalue weighted by Crippen LogP contribution is 2.39. The van der Waals surface area contributed by atoms with E-state index in [0.29, 0.717) is 17.8 Å². The summed E-state index contributed by atoms with van der Waals surface area (Å²) in [6, 6.07) is 7.44. The fourth-order valence-electron chi connectivity index (χ4n) is 4.56. The number of hydrogen-bond donors (Lipinski definition) is 1. The maximum atomic E-state index is 12.2. The SMILES string of the molecule is COc1ccc2c(c1)C(NC1CCC(N3CCCS3(=O)=O)CC1)CCS2. The van der Waals surface area contributed by atoms with Crippen LogP contribution in [0.1, 0.15) is 50.1 Å². The van der Waals surface area contributed by atoms with E-state index in [9.17, 15) is 8.42 Å². The molecule has 1 aromatic carbocycles. The van der Waals surface area contributed by atoms with Gasteiger partial charge in [-0.05, 0) is 68.0 Å². The summed E-state index contributed by atoms with van der Waals surface area (Å²) in [6.45, 7) is 0.720. The Balaban J connectivity index is 1.38. The number of benzene rings is 1. The minimum absolute atomic E-state index is 0.217. The van der Waals surface area contributed by atoms with Crippen LogP contribution < -0.4 is 10.1 Å². The summed E-state index contributed by atoms with van der Waals surface area (Å²) < 4.78 is 31.5. The average Bonchev–Trinajstić information content (AvgIpc) is 3.01. The third kappa shape index (κ3) is 3.77. The molecule has 1 aliphatic carbocycles. The van der Waals surface area contributed by atoms with Crippen LogP contribution >= 0.6 is 11.8 Å². The normalized spacial score (nSPS) is 31.5. The molecule has 2 heterocycles. The van der Waals surface area contributed by atoms with Gasteiger partial charge in [-0.1, -0.05) is 0 Å². The number of nitrogens with zero attached hydrogens (tertiary/aromatic N) is 1. The number of sulfonamides is 1. The van der Waals surface area contributed by atoms with Crippen molar-refractivity contribution in [1.82, 2.24) is 9.62 Å². The number of hydrogen-bond acceptors (Lipinski definition) is 5. The summed E-state index contributed by atoms with van der Waals surface area (Å²) in [4.78, 5) is 1.35. The van der Waals surface area contributed by atoms with E-state index in [-0.39, 0.29) is 6.04 Å². The van der Waals surface area contributed by atoms with Crippen LogP contribution in [0.15, 0.2) is 23.1 Å². The second-order valence-electron chi connectivity index (χ2n) is 7.55. The zero-order valence-electron chi connectivity index (χ0n) is 15.3. The van der Waals surface area contributed by atoms with E-state index in [2.05, 4.69) is 17.4 Å². The van der Waals surface area contributed by atoms with Gasteiger partial charge in [0.2, 0.25) is 10.0 Å². The molecule has 3 aliphatic rings. The number of rotatable bonds is 4. The van der Waals surface area contributed by atoms with E-state index in [4.69, 9.17) is 4.74 Å². The molecule has 7 heteroatoms. The molecule has 1 saturated heterocycles. The van der Waals surface area contributed by atoms with Crippen molar-refractivity contribution in [3.05, 3.63) is 23.8 Å². The van der Waals surface area contributed by atoms with Crippen molar-refractivity contribution >= 4 is 21.8 Å². The van der Waals surface area contributed by atoms with Crippen LogP contribution in [0.3, 0.4) is 0 Å². The lowest BCUT2D eigenvalue weighted by Crippen LogP contribution is -2.44. The molecule has 0 aromatic heterocycles. The topological polar surface area (TPSA) is 58.6 Å². The first-order valence-corrected chi connectivity index (χ1v) is 12.2. The molecule has 1 aromatic rings. The lowest BCUT2D eigenvalue weighted by molar-refractivity contribution is 0.226. The van der Waals surface area contributed by atoms with E-state index in [1.165, 1.54) is 10.5 Å². The minimum Gasteiger partial charge on any atom is -0.497 e. The molecule has 5 nitrogen and oxygen atoms in total. The molecule has 1 unspecified atom stereocenters. The molecule has 1 N–H and O–H groups in total. The summed E-state index contributed by atoms with van der Waals surface area (Å²) in [6.07, 6.45) is 5.98. The van der Waals surface area contributed by atoms with Crippen molar-refractivity contribution in [2.45, 2.75) is 61.5 Å².